The monoisotopic (exact) mass is 1320 g/mol. The van der Waals surface area contributed by atoms with Crippen LogP contribution in [0.5, 0.6) is 28.7 Å². The highest BCUT2D eigenvalue weighted by Gasteiger charge is 2.22. The number of aromatic hydroxyl groups is 1. The molecule has 8 aromatic rings. The van der Waals surface area contributed by atoms with Gasteiger partial charge in [-0.1, -0.05) is 31.5 Å². The fourth-order valence-corrected chi connectivity index (χ4v) is 8.98. The molecule has 0 amide bonds. The number of methoxy groups -OCH3 is 2. The van der Waals surface area contributed by atoms with E-state index in [1.165, 1.54) is 32.4 Å². The summed E-state index contributed by atoms with van der Waals surface area (Å²) < 4.78 is 168. The lowest BCUT2D eigenvalue weighted by atomic mass is 10.1. The van der Waals surface area contributed by atoms with Crippen molar-refractivity contribution in [2.45, 2.75) is 43.1 Å². The van der Waals surface area contributed by atoms with Gasteiger partial charge in [0.2, 0.25) is 0 Å². The van der Waals surface area contributed by atoms with Gasteiger partial charge in [0.05, 0.1) is 44.5 Å². The molecule has 8 rings (SSSR count). The first-order valence-electron chi connectivity index (χ1n) is 24.9. The maximum Gasteiger partial charge on any atom is 0.425 e. The number of nitrogens with two attached hydrogens (primary N) is 1. The molecule has 0 aliphatic carbocycles. The number of aliphatic hydroxyl groups is 1. The summed E-state index contributed by atoms with van der Waals surface area (Å²) in [4.78, 5) is -1.14. The summed E-state index contributed by atoms with van der Waals surface area (Å²) in [6, 6.07) is 32.9. The Morgan fingerprint density at radius 3 is 1.69 bits per heavy atom. The molecule has 36 heteroatoms. The Labute approximate surface area is 510 Å². The number of phenols is 1. The van der Waals surface area contributed by atoms with Crippen LogP contribution in [0.15, 0.2) is 178 Å². The normalized spacial score (nSPS) is 11.4. The van der Waals surface area contributed by atoms with E-state index in [1.807, 2.05) is 13.0 Å². The number of hydrogen-bond acceptors (Lipinski definition) is 29. The van der Waals surface area contributed by atoms with Gasteiger partial charge < -0.3 is 40.2 Å². The van der Waals surface area contributed by atoms with Crippen molar-refractivity contribution in [1.82, 2.24) is 0 Å². The molecular weight excluding hydrogens is 1270 g/mol. The quantitative estimate of drug-likeness (QED) is 0.0128. The van der Waals surface area contributed by atoms with Crippen molar-refractivity contribution in [3.63, 3.8) is 0 Å². The number of aliphatic hydroxyl groups excluding tert-OH is 1. The minimum atomic E-state index is -4.88. The summed E-state index contributed by atoms with van der Waals surface area (Å²) in [7, 11) is -16.0. The molecule has 0 heterocycles. The number of unbranched alkanes of at least 4 members (excludes halogenated alkanes) is 1. The Morgan fingerprint density at radius 1 is 0.528 bits per heavy atom. The summed E-state index contributed by atoms with van der Waals surface area (Å²) in [6.45, 7) is 3.81. The van der Waals surface area contributed by atoms with E-state index in [9.17, 15) is 36.2 Å². The molecule has 468 valence electrons. The smallest absolute Gasteiger partial charge is 0.425 e. The Kier molecular flexibility index (Phi) is 25.5. The molecule has 0 fully saturated rings. The number of anilines is 2. The Bertz CT molecular complexity index is 4550. The lowest BCUT2D eigenvalue weighted by molar-refractivity contribution is 0.282. The zero-order valence-corrected chi connectivity index (χ0v) is 50.7. The van der Waals surface area contributed by atoms with Crippen LogP contribution in [-0.4, -0.2) is 102 Å². The van der Waals surface area contributed by atoms with Gasteiger partial charge in [-0.25, -0.2) is 0 Å². The van der Waals surface area contributed by atoms with Crippen molar-refractivity contribution in [2.75, 3.05) is 38.6 Å². The maximum atomic E-state index is 12.4. The van der Waals surface area contributed by atoms with Crippen molar-refractivity contribution < 1.29 is 93.0 Å². The van der Waals surface area contributed by atoms with E-state index in [0.29, 0.717) is 57.2 Å². The second kappa shape index (κ2) is 32.6. The zero-order valence-electron chi connectivity index (χ0n) is 46.6. The molecule has 0 bridgehead atoms. The molecule has 0 unspecified atom stereocenters. The van der Waals surface area contributed by atoms with Crippen molar-refractivity contribution in [2.24, 2.45) is 40.9 Å². The van der Waals surface area contributed by atoms with Crippen LogP contribution in [0.1, 0.15) is 30.9 Å². The van der Waals surface area contributed by atoms with E-state index >= 15 is 0 Å². The van der Waals surface area contributed by atoms with E-state index in [0.717, 1.165) is 35.7 Å². The van der Waals surface area contributed by atoms with Gasteiger partial charge in [0.25, 0.3) is 20.2 Å². The third kappa shape index (κ3) is 21.1. The zero-order chi connectivity index (χ0) is 65.6. The van der Waals surface area contributed by atoms with Crippen molar-refractivity contribution in [3.8, 4) is 28.7 Å². The molecular formula is C53H50N10O21S5. The van der Waals surface area contributed by atoms with Crippen LogP contribution in [-0.2, 0) is 58.7 Å². The fourth-order valence-electron chi connectivity index (χ4n) is 7.63. The summed E-state index contributed by atoms with van der Waals surface area (Å²) in [5.74, 6) is 1.34. The number of nitrogens with zero attached hydrogens (tertiary/aromatic N) is 8. The number of rotatable bonds is 21. The number of fused-ring (bicyclic) bond motifs is 2. The molecule has 0 radical (unpaired) electrons. The highest BCUT2D eigenvalue weighted by atomic mass is 32.2. The van der Waals surface area contributed by atoms with Crippen molar-refractivity contribution >= 4 is 130 Å². The molecule has 0 aromatic heterocycles. The molecule has 0 aliphatic heterocycles. The number of nitrogens with one attached hydrogen (secondary N) is 1. The first kappa shape index (κ1) is 69.7. The van der Waals surface area contributed by atoms with Crippen molar-refractivity contribution in [1.29, 1.82) is 0 Å². The SMILES string of the molecule is CCCCOc1cc(N=Nc2cc(OC)c(N=Nc3cc(OC)c(N=Nc4ccc5cc(NCOc6ccc(N)cc6)ccc5c4O)cc3CO)cc2C)ccc1N=Nc1cc2c(S(=O)(=O)O)cccc2cc1S(=O)(=O)O.O=S(=O)=O.O=S(=O)=O.O=S(=O)=O. The largest absolute Gasteiger partial charge is 0.505 e. The average Bonchev–Trinajstić information content (AvgIpc) is 1.51. The van der Waals surface area contributed by atoms with Gasteiger partial charge in [-0.15, -0.1) is 68.6 Å². The molecule has 0 saturated heterocycles. The van der Waals surface area contributed by atoms with Gasteiger partial charge in [0, 0.05) is 45.9 Å². The van der Waals surface area contributed by atoms with Crippen LogP contribution in [0.2, 0.25) is 0 Å². The molecule has 0 aliphatic rings. The summed E-state index contributed by atoms with van der Waals surface area (Å²) in [6.07, 6.45) is 1.48. The van der Waals surface area contributed by atoms with E-state index in [2.05, 4.69) is 46.2 Å². The number of aryl methyl sites for hydroxylation is 1. The highest BCUT2D eigenvalue weighted by molar-refractivity contribution is 7.86. The van der Waals surface area contributed by atoms with E-state index in [-0.39, 0.29) is 64.1 Å². The molecule has 0 spiro atoms. The second-order valence-corrected chi connectivity index (χ2v) is 21.5. The first-order valence-corrected chi connectivity index (χ1v) is 30.8. The number of hydrogen-bond donors (Lipinski definition) is 6. The van der Waals surface area contributed by atoms with Gasteiger partial charge in [0.15, 0.2) is 12.5 Å². The average molecular weight is 1320 g/mol. The van der Waals surface area contributed by atoms with E-state index in [1.54, 1.807) is 91.9 Å². The van der Waals surface area contributed by atoms with Gasteiger partial charge in [-0.05, 0) is 121 Å². The first-order chi connectivity index (χ1) is 42.1. The standard InChI is InChI=1S/C53H50N10O12S2.3O3S/c1-5-6-20-74-50-25-37(14-19-41(50)57-63-47-26-40-32(24-52(47)77(69,70)71)8-7-9-51(40)76(66,67)68)56-59-43-27-48(72-3)45(21-31(43)2)61-60-44-28-49(73-4)46(23-34(44)29-64)62-58-42-18-10-33-22-36(13-17-39(33)53(42)65)55-30-75-38-15-11-35(54)12-16-38;3*1-4(2)3/h7-19,21-28,55,64-65H,5-6,20,29-30,54H2,1-4H3,(H,66,67,68)(H,69,70,71);;;. The van der Waals surface area contributed by atoms with Crippen LogP contribution < -0.4 is 30.0 Å². The Hall–Kier alpha value is -10.1. The van der Waals surface area contributed by atoms with Gasteiger partial charge in [-0.3, -0.25) is 9.11 Å². The lowest BCUT2D eigenvalue weighted by Crippen LogP contribution is -2.08. The Morgan fingerprint density at radius 2 is 1.08 bits per heavy atom. The molecule has 89 heavy (non-hydrogen) atoms. The lowest BCUT2D eigenvalue weighted by Gasteiger charge is -2.11. The Balaban J connectivity index is 0.00000110. The number of ether oxygens (including phenoxy) is 4. The van der Waals surface area contributed by atoms with Crippen molar-refractivity contribution in [3.05, 3.63) is 139 Å². The van der Waals surface area contributed by atoms with Crippen LogP contribution in [0.4, 0.5) is 56.9 Å². The number of phenolic OH excluding ortho intramolecular Hbond substituents is 1. The third-order valence-electron chi connectivity index (χ3n) is 11.7. The van der Waals surface area contributed by atoms with Crippen LogP contribution in [0.3, 0.4) is 0 Å². The fraction of sp³-hybridized carbons (Fsp3) is 0.170. The maximum absolute atomic E-state index is 12.4. The van der Waals surface area contributed by atoms with Gasteiger partial charge >= 0.3 is 31.8 Å². The number of nitrogen functional groups attached to an aromatic ring is 1. The number of azo groups is 4. The highest BCUT2D eigenvalue weighted by Crippen LogP contribution is 2.43. The summed E-state index contributed by atoms with van der Waals surface area (Å²) in [5.41, 5.74) is 9.70. The molecule has 7 N–H and O–H groups in total. The van der Waals surface area contributed by atoms with Crippen LogP contribution >= 0.6 is 0 Å². The topological polar surface area (TPSA) is 477 Å². The van der Waals surface area contributed by atoms with E-state index in [4.69, 9.17) is 62.6 Å². The predicted octanol–water partition coefficient (Wildman–Crippen LogP) is 10.9. The van der Waals surface area contributed by atoms with E-state index < -0.39 is 74.1 Å². The molecule has 0 saturated carbocycles. The van der Waals surface area contributed by atoms with Crippen LogP contribution in [0, 0.1) is 6.92 Å². The predicted molar refractivity (Wildman–Crippen MR) is 318 cm³/mol. The summed E-state index contributed by atoms with van der Waals surface area (Å²) >= 11 is 0. The second-order valence-electron chi connectivity index (χ2n) is 17.5. The minimum Gasteiger partial charge on any atom is -0.505 e. The van der Waals surface area contributed by atoms with Gasteiger partial charge in [0.1, 0.15) is 61.2 Å². The van der Waals surface area contributed by atoms with Crippen LogP contribution in [0.25, 0.3) is 21.5 Å². The van der Waals surface area contributed by atoms with Gasteiger partial charge in [-0.2, -0.15) is 27.1 Å². The third-order valence-corrected chi connectivity index (χ3v) is 13.5. The minimum absolute atomic E-state index is 0.0536. The molecule has 0 atom stereocenters. The number of benzene rings is 8. The molecule has 8 aromatic carbocycles. The summed E-state index contributed by atoms with van der Waals surface area (Å²) in [5, 5.41) is 60.8. The molecule has 31 nitrogen and oxygen atoms in total.